The lowest BCUT2D eigenvalue weighted by Crippen LogP contribution is -2.49. The molecule has 2 aromatic rings. The van der Waals surface area contributed by atoms with Gasteiger partial charge in [0.1, 0.15) is 0 Å². The molecule has 1 heterocycles. The van der Waals surface area contributed by atoms with Gasteiger partial charge >= 0.3 is 0 Å². The van der Waals surface area contributed by atoms with Crippen molar-refractivity contribution < 1.29 is 9.59 Å². The number of carbonyl (C=O) groups is 2. The number of piperidine rings is 1. The first-order chi connectivity index (χ1) is 18.0. The summed E-state index contributed by atoms with van der Waals surface area (Å²) in [5, 5.41) is 6.33. The molecule has 4 N–H and O–H groups in total. The lowest BCUT2D eigenvalue weighted by molar-refractivity contribution is -0.122. The maximum absolute atomic E-state index is 13.1. The third-order valence-corrected chi connectivity index (χ3v) is 8.71. The fraction of sp³-hybridized carbons (Fsp3) is 0.548. The lowest BCUT2D eigenvalue weighted by Gasteiger charge is -2.33. The fourth-order valence-electron chi connectivity index (χ4n) is 6.00. The van der Waals surface area contributed by atoms with Gasteiger partial charge in [-0.25, -0.2) is 0 Å². The van der Waals surface area contributed by atoms with Crippen molar-refractivity contribution in [2.24, 2.45) is 17.6 Å². The minimum atomic E-state index is -0.102. The van der Waals surface area contributed by atoms with Gasteiger partial charge in [0.15, 0.2) is 0 Å². The van der Waals surface area contributed by atoms with Gasteiger partial charge in [-0.05, 0) is 87.2 Å². The third kappa shape index (κ3) is 6.79. The number of amides is 2. The molecule has 1 aliphatic heterocycles. The van der Waals surface area contributed by atoms with Crippen LogP contribution in [0.15, 0.2) is 48.5 Å². The first kappa shape index (κ1) is 25.9. The molecule has 3 aliphatic rings. The molecule has 1 saturated heterocycles. The number of nitrogens with zero attached hydrogens (tertiary/aromatic N) is 1. The second-order valence-corrected chi connectivity index (χ2v) is 11.4. The Kier molecular flexibility index (Phi) is 8.57. The Labute approximate surface area is 221 Å². The van der Waals surface area contributed by atoms with Crippen molar-refractivity contribution in [3.05, 3.63) is 65.2 Å². The molecule has 2 unspecified atom stereocenters. The predicted octanol–water partition coefficient (Wildman–Crippen LogP) is 4.88. The van der Waals surface area contributed by atoms with Crippen LogP contribution in [-0.4, -0.2) is 41.9 Å². The standard InChI is InChI=1S/C31H42N4O2/c32-27-11-4-5-12-28(27)33-31(37)25-13-14-26(29(20-25)34-30(36)24-9-6-10-24)21-35-17-15-23(16-18-35)19-22-7-2-1-3-8-22/h1-3,7-8,13-14,20,23-24,27-28H,4-6,9-12,15-19,21,32H2,(H,33,37)(H,34,36). The van der Waals surface area contributed by atoms with Crippen molar-refractivity contribution >= 4 is 17.5 Å². The molecule has 6 heteroatoms. The summed E-state index contributed by atoms with van der Waals surface area (Å²) in [7, 11) is 0. The Balaban J connectivity index is 1.24. The van der Waals surface area contributed by atoms with E-state index < -0.39 is 0 Å². The van der Waals surface area contributed by atoms with Gasteiger partial charge in [-0.2, -0.15) is 0 Å². The maximum Gasteiger partial charge on any atom is 0.251 e. The molecule has 2 amide bonds. The van der Waals surface area contributed by atoms with Gasteiger partial charge < -0.3 is 16.4 Å². The molecule has 5 rings (SSSR count). The second-order valence-electron chi connectivity index (χ2n) is 11.4. The van der Waals surface area contributed by atoms with Crippen LogP contribution in [-0.2, 0) is 17.8 Å². The third-order valence-electron chi connectivity index (χ3n) is 8.71. The summed E-state index contributed by atoms with van der Waals surface area (Å²) in [6.45, 7) is 2.89. The van der Waals surface area contributed by atoms with Gasteiger partial charge in [0.25, 0.3) is 5.91 Å². The van der Waals surface area contributed by atoms with Crippen LogP contribution in [0.2, 0.25) is 0 Å². The van der Waals surface area contributed by atoms with E-state index in [1.165, 1.54) is 18.4 Å². The highest BCUT2D eigenvalue weighted by Gasteiger charge is 2.28. The number of nitrogens with one attached hydrogen (secondary N) is 2. The highest BCUT2D eigenvalue weighted by molar-refractivity contribution is 5.98. The summed E-state index contributed by atoms with van der Waals surface area (Å²) in [6, 6.07) is 16.6. The van der Waals surface area contributed by atoms with E-state index in [4.69, 9.17) is 5.73 Å². The summed E-state index contributed by atoms with van der Waals surface area (Å²) in [6.07, 6.45) is 10.6. The quantitative estimate of drug-likeness (QED) is 0.480. The first-order valence-corrected chi connectivity index (χ1v) is 14.3. The Morgan fingerprint density at radius 3 is 2.35 bits per heavy atom. The van der Waals surface area contributed by atoms with Crippen LogP contribution in [0, 0.1) is 11.8 Å². The van der Waals surface area contributed by atoms with Crippen LogP contribution in [0.3, 0.4) is 0 Å². The molecule has 3 fully saturated rings. The largest absolute Gasteiger partial charge is 0.348 e. The number of carbonyl (C=O) groups excluding carboxylic acids is 2. The van der Waals surface area contributed by atoms with Gasteiger partial charge in [-0.15, -0.1) is 0 Å². The number of likely N-dealkylation sites (tertiary alicyclic amines) is 1. The number of hydrogen-bond acceptors (Lipinski definition) is 4. The van der Waals surface area contributed by atoms with Crippen molar-refractivity contribution in [2.45, 2.75) is 82.8 Å². The van der Waals surface area contributed by atoms with Crippen LogP contribution in [0.5, 0.6) is 0 Å². The molecule has 6 nitrogen and oxygen atoms in total. The fourth-order valence-corrected chi connectivity index (χ4v) is 6.00. The molecule has 0 bridgehead atoms. The number of nitrogens with two attached hydrogens (primary N) is 1. The topological polar surface area (TPSA) is 87.5 Å². The number of hydrogen-bond donors (Lipinski definition) is 3. The van der Waals surface area contributed by atoms with Gasteiger partial charge in [0.2, 0.25) is 5.91 Å². The molecule has 0 radical (unpaired) electrons. The van der Waals surface area contributed by atoms with E-state index in [-0.39, 0.29) is 29.8 Å². The monoisotopic (exact) mass is 502 g/mol. The van der Waals surface area contributed by atoms with E-state index in [1.54, 1.807) is 0 Å². The van der Waals surface area contributed by atoms with Crippen LogP contribution in [0.25, 0.3) is 0 Å². The van der Waals surface area contributed by atoms with Gasteiger partial charge in [-0.1, -0.05) is 55.7 Å². The number of benzene rings is 2. The van der Waals surface area contributed by atoms with Crippen molar-refractivity contribution in [1.29, 1.82) is 0 Å². The van der Waals surface area contributed by atoms with Gasteiger partial charge in [-0.3, -0.25) is 14.5 Å². The van der Waals surface area contributed by atoms with Crippen molar-refractivity contribution in [1.82, 2.24) is 10.2 Å². The Bertz CT molecular complexity index is 1060. The minimum absolute atomic E-state index is 0.0135. The Morgan fingerprint density at radius 1 is 0.892 bits per heavy atom. The van der Waals surface area contributed by atoms with E-state index in [0.717, 1.165) is 82.3 Å². The zero-order chi connectivity index (χ0) is 25.6. The minimum Gasteiger partial charge on any atom is -0.348 e. The number of rotatable bonds is 8. The Morgan fingerprint density at radius 2 is 1.65 bits per heavy atom. The summed E-state index contributed by atoms with van der Waals surface area (Å²) in [5.74, 6) is 0.795. The molecule has 37 heavy (non-hydrogen) atoms. The van der Waals surface area contributed by atoms with E-state index in [2.05, 4.69) is 45.9 Å². The van der Waals surface area contributed by atoms with E-state index in [9.17, 15) is 9.59 Å². The molecule has 2 saturated carbocycles. The summed E-state index contributed by atoms with van der Waals surface area (Å²) in [5.41, 5.74) is 10.1. The van der Waals surface area contributed by atoms with E-state index >= 15 is 0 Å². The molecular formula is C31H42N4O2. The van der Waals surface area contributed by atoms with Crippen LogP contribution >= 0.6 is 0 Å². The molecular weight excluding hydrogens is 460 g/mol. The molecule has 2 aromatic carbocycles. The maximum atomic E-state index is 13.1. The van der Waals surface area contributed by atoms with Crippen LogP contribution in [0.1, 0.15) is 79.3 Å². The highest BCUT2D eigenvalue weighted by atomic mass is 16.2. The summed E-state index contributed by atoms with van der Waals surface area (Å²) in [4.78, 5) is 28.4. The lowest BCUT2D eigenvalue weighted by atomic mass is 9.84. The van der Waals surface area contributed by atoms with E-state index in [1.807, 2.05) is 18.2 Å². The Hall–Kier alpha value is -2.70. The molecule has 2 aliphatic carbocycles. The van der Waals surface area contributed by atoms with Gasteiger partial charge in [0.05, 0.1) is 0 Å². The molecule has 0 spiro atoms. The van der Waals surface area contributed by atoms with E-state index in [0.29, 0.717) is 11.5 Å². The molecule has 0 aromatic heterocycles. The first-order valence-electron chi connectivity index (χ1n) is 14.3. The second kappa shape index (κ2) is 12.2. The summed E-state index contributed by atoms with van der Waals surface area (Å²) < 4.78 is 0. The van der Waals surface area contributed by atoms with Gasteiger partial charge in [0, 0.05) is 35.8 Å². The SMILES string of the molecule is NC1CCCCC1NC(=O)c1ccc(CN2CCC(Cc3ccccc3)CC2)c(NC(=O)C2CCC2)c1. The smallest absolute Gasteiger partial charge is 0.251 e. The van der Waals surface area contributed by atoms with Crippen molar-refractivity contribution in [2.75, 3.05) is 18.4 Å². The van der Waals surface area contributed by atoms with Crippen molar-refractivity contribution in [3.63, 3.8) is 0 Å². The predicted molar refractivity (Wildman–Crippen MR) is 148 cm³/mol. The zero-order valence-corrected chi connectivity index (χ0v) is 22.0. The van der Waals surface area contributed by atoms with Crippen molar-refractivity contribution in [3.8, 4) is 0 Å². The number of anilines is 1. The molecule has 198 valence electrons. The van der Waals surface area contributed by atoms with Crippen LogP contribution in [0.4, 0.5) is 5.69 Å². The molecule has 2 atom stereocenters. The van der Waals surface area contributed by atoms with Crippen LogP contribution < -0.4 is 16.4 Å². The average molecular weight is 503 g/mol. The highest BCUT2D eigenvalue weighted by Crippen LogP contribution is 2.30. The normalized spacial score (nSPS) is 23.3. The average Bonchev–Trinajstić information content (AvgIpc) is 2.87. The zero-order valence-electron chi connectivity index (χ0n) is 22.0. The summed E-state index contributed by atoms with van der Waals surface area (Å²) >= 11 is 0.